The van der Waals surface area contributed by atoms with E-state index in [1.54, 1.807) is 0 Å². The summed E-state index contributed by atoms with van der Waals surface area (Å²) in [5, 5.41) is 7.87. The first-order valence-electron chi connectivity index (χ1n) is 2.34. The van der Waals surface area contributed by atoms with Gasteiger partial charge in [-0.05, 0) is 0 Å². The van der Waals surface area contributed by atoms with Gasteiger partial charge in [-0.15, -0.1) is 0 Å². The van der Waals surface area contributed by atoms with Gasteiger partial charge in [-0.3, -0.25) is 0 Å². The molecule has 0 saturated carbocycles. The molecule has 0 spiro atoms. The largest absolute Gasteiger partial charge is 0.564 e. The molecule has 0 aromatic carbocycles. The molecule has 55 valence electrons. The van der Waals surface area contributed by atoms with E-state index >= 15 is 0 Å². The van der Waals surface area contributed by atoms with Crippen molar-refractivity contribution in [3.63, 3.8) is 0 Å². The maximum Gasteiger partial charge on any atom is 0.564 e. The Morgan fingerprint density at radius 2 is 2.00 bits per heavy atom. The van der Waals surface area contributed by atoms with Crippen LogP contribution in [-0.4, -0.2) is 59.2 Å². The summed E-state index contributed by atoms with van der Waals surface area (Å²) in [5.41, 5.74) is 0. The van der Waals surface area contributed by atoms with Gasteiger partial charge >= 0.3 is 15.0 Å². The van der Waals surface area contributed by atoms with Crippen molar-refractivity contribution in [1.82, 2.24) is 0 Å². The zero-order valence-electron chi connectivity index (χ0n) is 5.87. The van der Waals surface area contributed by atoms with Crippen molar-refractivity contribution < 1.29 is 23.9 Å². The molecule has 0 aliphatic rings. The molecule has 3 N–H and O–H groups in total. The van der Waals surface area contributed by atoms with Crippen LogP contribution in [0.2, 0.25) is 6.04 Å². The summed E-state index contributed by atoms with van der Waals surface area (Å²) in [4.78, 5) is 26.8. The van der Waals surface area contributed by atoms with Crippen LogP contribution in [0.5, 0.6) is 0 Å². The van der Waals surface area contributed by atoms with E-state index < -0.39 is 15.0 Å². The third-order valence-corrected chi connectivity index (χ3v) is 2.13. The standard InChI is InChI=1S/C3H8O5Si.Na/c1-2-9(6,7)8-3(4)5;/h6-7H,2H2,1H3,(H,4,5);. The van der Waals surface area contributed by atoms with Crippen molar-refractivity contribution in [2.24, 2.45) is 0 Å². The normalized spacial score (nSPS) is 9.90. The van der Waals surface area contributed by atoms with Crippen LogP contribution in [0, 0.1) is 0 Å². The molecule has 0 atom stereocenters. The zero-order chi connectivity index (χ0) is 7.49. The minimum absolute atomic E-state index is 0. The molecule has 0 heterocycles. The fraction of sp³-hybridized carbons (Fsp3) is 0.667. The van der Waals surface area contributed by atoms with Crippen LogP contribution in [0.25, 0.3) is 0 Å². The predicted molar refractivity (Wildman–Crippen MR) is 35.5 cm³/mol. The molecule has 0 rings (SSSR count). The molecular formula is C3H8NaO5Si. The van der Waals surface area contributed by atoms with Crippen LogP contribution in [0.4, 0.5) is 4.79 Å². The SMILES string of the molecule is CC[Si](O)(O)OC(=O)O.[Na]. The molecule has 7 heteroatoms. The molecule has 0 aliphatic carbocycles. The molecular weight excluding hydrogens is 167 g/mol. The molecule has 0 aromatic rings. The second-order valence-electron chi connectivity index (χ2n) is 1.46. The maximum absolute atomic E-state index is 9.67. The number of hydrogen-bond donors (Lipinski definition) is 3. The Hall–Kier alpha value is 0.407. The van der Waals surface area contributed by atoms with Crippen molar-refractivity contribution in [1.29, 1.82) is 0 Å². The van der Waals surface area contributed by atoms with Crippen LogP contribution in [0.1, 0.15) is 6.92 Å². The van der Waals surface area contributed by atoms with E-state index in [1.165, 1.54) is 6.92 Å². The average Bonchev–Trinajstić information content (AvgIpc) is 1.63. The molecule has 0 amide bonds. The van der Waals surface area contributed by atoms with E-state index in [9.17, 15) is 4.79 Å². The van der Waals surface area contributed by atoms with Crippen molar-refractivity contribution in [3.05, 3.63) is 0 Å². The molecule has 5 nitrogen and oxygen atoms in total. The summed E-state index contributed by atoms with van der Waals surface area (Å²) < 4.78 is 3.75. The minimum Gasteiger partial charge on any atom is -0.451 e. The van der Waals surface area contributed by atoms with Gasteiger partial charge in [0.15, 0.2) is 0 Å². The van der Waals surface area contributed by atoms with Crippen LogP contribution >= 0.6 is 0 Å². The van der Waals surface area contributed by atoms with Gasteiger partial charge < -0.3 is 19.1 Å². The van der Waals surface area contributed by atoms with Gasteiger partial charge in [0.2, 0.25) is 0 Å². The quantitative estimate of drug-likeness (QED) is 0.480. The second kappa shape index (κ2) is 5.11. The van der Waals surface area contributed by atoms with Crippen molar-refractivity contribution in [2.45, 2.75) is 13.0 Å². The van der Waals surface area contributed by atoms with Gasteiger partial charge in [0.05, 0.1) is 0 Å². The summed E-state index contributed by atoms with van der Waals surface area (Å²) in [6.45, 7) is 1.44. The molecule has 0 aliphatic heterocycles. The van der Waals surface area contributed by atoms with Crippen LogP contribution in [-0.2, 0) is 4.43 Å². The molecule has 0 fully saturated rings. The number of carbonyl (C=O) groups is 1. The van der Waals surface area contributed by atoms with Crippen molar-refractivity contribution >= 4 is 44.5 Å². The van der Waals surface area contributed by atoms with Crippen LogP contribution in [0.15, 0.2) is 0 Å². The first-order chi connectivity index (χ1) is 3.98. The Bertz CT molecular complexity index is 115. The Balaban J connectivity index is 0. The Kier molecular flexibility index (Phi) is 6.66. The van der Waals surface area contributed by atoms with Gasteiger partial charge in [0.1, 0.15) is 0 Å². The first kappa shape index (κ1) is 13.0. The van der Waals surface area contributed by atoms with Crippen molar-refractivity contribution in [3.8, 4) is 0 Å². The number of rotatable bonds is 2. The van der Waals surface area contributed by atoms with Gasteiger partial charge in [-0.25, -0.2) is 4.79 Å². The third-order valence-electron chi connectivity index (χ3n) is 0.711. The van der Waals surface area contributed by atoms with Crippen LogP contribution < -0.4 is 0 Å². The van der Waals surface area contributed by atoms with E-state index in [4.69, 9.17) is 14.7 Å². The summed E-state index contributed by atoms with van der Waals surface area (Å²) >= 11 is 0. The smallest absolute Gasteiger partial charge is 0.451 e. The van der Waals surface area contributed by atoms with E-state index in [2.05, 4.69) is 4.43 Å². The predicted octanol–water partition coefficient (Wildman–Crippen LogP) is -0.756. The van der Waals surface area contributed by atoms with E-state index in [0.29, 0.717) is 0 Å². The van der Waals surface area contributed by atoms with E-state index in [-0.39, 0.29) is 35.6 Å². The Morgan fingerprint density at radius 3 is 2.10 bits per heavy atom. The van der Waals surface area contributed by atoms with Gasteiger partial charge in [0, 0.05) is 35.6 Å². The molecule has 0 unspecified atom stereocenters. The molecule has 1 radical (unpaired) electrons. The number of hydrogen-bond acceptors (Lipinski definition) is 4. The van der Waals surface area contributed by atoms with Crippen LogP contribution in [0.3, 0.4) is 0 Å². The Morgan fingerprint density at radius 1 is 1.60 bits per heavy atom. The fourth-order valence-corrected chi connectivity index (χ4v) is 0.636. The first-order valence-corrected chi connectivity index (χ1v) is 4.35. The topological polar surface area (TPSA) is 87.0 Å². The molecule has 10 heavy (non-hydrogen) atoms. The van der Waals surface area contributed by atoms with Crippen molar-refractivity contribution in [2.75, 3.05) is 0 Å². The molecule has 0 bridgehead atoms. The van der Waals surface area contributed by atoms with E-state index in [0.717, 1.165) is 0 Å². The Labute approximate surface area is 81.3 Å². The maximum atomic E-state index is 9.67. The number of carboxylic acid groups (broad SMARTS) is 1. The summed E-state index contributed by atoms with van der Waals surface area (Å²) in [6.07, 6.45) is -1.64. The summed E-state index contributed by atoms with van der Waals surface area (Å²) in [5.74, 6) is 0. The van der Waals surface area contributed by atoms with Gasteiger partial charge in [0.25, 0.3) is 0 Å². The van der Waals surface area contributed by atoms with Gasteiger partial charge in [-0.2, -0.15) is 0 Å². The van der Waals surface area contributed by atoms with Gasteiger partial charge in [-0.1, -0.05) is 6.92 Å². The third kappa shape index (κ3) is 6.53. The summed E-state index contributed by atoms with van der Waals surface area (Å²) in [7, 11) is -3.84. The zero-order valence-corrected chi connectivity index (χ0v) is 8.87. The summed E-state index contributed by atoms with van der Waals surface area (Å²) in [6, 6.07) is -0.0563. The molecule has 0 aromatic heterocycles. The monoisotopic (exact) mass is 175 g/mol. The van der Waals surface area contributed by atoms with E-state index in [1.807, 2.05) is 0 Å². The molecule has 0 saturated heterocycles. The average molecular weight is 175 g/mol. The second-order valence-corrected chi connectivity index (χ2v) is 3.86. The minimum atomic E-state index is -3.84. The fourth-order valence-electron chi connectivity index (χ4n) is 0.212.